The van der Waals surface area contributed by atoms with Gasteiger partial charge in [0, 0.05) is 30.9 Å². The zero-order chi connectivity index (χ0) is 16.5. The van der Waals surface area contributed by atoms with Gasteiger partial charge in [-0.3, -0.25) is 4.79 Å². The summed E-state index contributed by atoms with van der Waals surface area (Å²) in [6.45, 7) is 3.54. The molecule has 24 heavy (non-hydrogen) atoms. The van der Waals surface area contributed by atoms with Gasteiger partial charge >= 0.3 is 0 Å². The van der Waals surface area contributed by atoms with Crippen molar-refractivity contribution in [2.24, 2.45) is 0 Å². The van der Waals surface area contributed by atoms with Gasteiger partial charge in [-0.1, -0.05) is 18.2 Å². The fraction of sp³-hybridized carbons (Fsp3) is 0.450. The number of likely N-dealkylation sites (tertiary alicyclic amines) is 1. The lowest BCUT2D eigenvalue weighted by atomic mass is 10.0. The Morgan fingerprint density at radius 3 is 3.00 bits per heavy atom. The van der Waals surface area contributed by atoms with E-state index in [-0.39, 0.29) is 11.8 Å². The number of fused-ring (bicyclic) bond motifs is 1. The van der Waals surface area contributed by atoms with Crippen molar-refractivity contribution in [3.8, 4) is 0 Å². The molecule has 1 amide bonds. The van der Waals surface area contributed by atoms with Gasteiger partial charge in [-0.05, 0) is 55.4 Å². The lowest BCUT2D eigenvalue weighted by Gasteiger charge is -2.16. The zero-order valence-corrected chi connectivity index (χ0v) is 14.2. The van der Waals surface area contributed by atoms with Crippen LogP contribution in [0.5, 0.6) is 0 Å². The minimum Gasteiger partial charge on any atom is -0.342 e. The molecule has 124 valence electrons. The lowest BCUT2D eigenvalue weighted by molar-refractivity contribution is -0.129. The summed E-state index contributed by atoms with van der Waals surface area (Å²) in [5.74, 6) is 1.37. The Morgan fingerprint density at radius 2 is 2.12 bits per heavy atom. The average Bonchev–Trinajstić information content (AvgIpc) is 3.24. The Kier molecular flexibility index (Phi) is 4.05. The van der Waals surface area contributed by atoms with E-state index in [2.05, 4.69) is 28.2 Å². The molecule has 1 saturated heterocycles. The average molecular weight is 321 g/mol. The van der Waals surface area contributed by atoms with Crippen LogP contribution in [0, 0.1) is 6.92 Å². The normalized spacial score (nSPS) is 19.5. The van der Waals surface area contributed by atoms with E-state index < -0.39 is 0 Å². The van der Waals surface area contributed by atoms with Gasteiger partial charge in [-0.2, -0.15) is 0 Å². The highest BCUT2D eigenvalue weighted by molar-refractivity contribution is 5.79. The third kappa shape index (κ3) is 3.05. The molecule has 1 aliphatic heterocycles. The fourth-order valence-corrected chi connectivity index (χ4v) is 3.88. The molecular weight excluding hydrogens is 298 g/mol. The van der Waals surface area contributed by atoms with Crippen LogP contribution < -0.4 is 0 Å². The first-order chi connectivity index (χ1) is 11.7. The minimum atomic E-state index is 0.225. The summed E-state index contributed by atoms with van der Waals surface area (Å²) >= 11 is 0. The van der Waals surface area contributed by atoms with Gasteiger partial charge in [-0.15, -0.1) is 0 Å². The first-order valence-corrected chi connectivity index (χ1v) is 8.87. The van der Waals surface area contributed by atoms with Crippen LogP contribution >= 0.6 is 0 Å². The molecule has 1 atom stereocenters. The highest BCUT2D eigenvalue weighted by Gasteiger charge is 2.29. The number of amides is 1. The summed E-state index contributed by atoms with van der Waals surface area (Å²) in [7, 11) is 0. The van der Waals surface area contributed by atoms with Crippen molar-refractivity contribution in [3.63, 3.8) is 0 Å². The van der Waals surface area contributed by atoms with Crippen molar-refractivity contribution < 1.29 is 4.79 Å². The topological polar surface area (TPSA) is 46.1 Å². The van der Waals surface area contributed by atoms with E-state index in [1.807, 2.05) is 24.1 Å². The smallest absolute Gasteiger partial charge is 0.227 e. The van der Waals surface area contributed by atoms with Crippen molar-refractivity contribution in [3.05, 3.63) is 58.7 Å². The zero-order valence-electron chi connectivity index (χ0n) is 14.2. The third-order valence-electron chi connectivity index (χ3n) is 5.24. The number of carbonyl (C=O) groups is 1. The third-order valence-corrected chi connectivity index (χ3v) is 5.24. The van der Waals surface area contributed by atoms with Crippen LogP contribution in [0.4, 0.5) is 0 Å². The molecule has 0 radical (unpaired) electrons. The number of aryl methyl sites for hydroxylation is 3. The number of benzene rings is 1. The number of hydrogen-bond donors (Lipinski definition) is 0. The van der Waals surface area contributed by atoms with Crippen molar-refractivity contribution in [2.45, 2.75) is 44.9 Å². The number of aromatic nitrogens is 2. The number of rotatable bonds is 3. The molecule has 4 heteroatoms. The van der Waals surface area contributed by atoms with Crippen LogP contribution in [-0.4, -0.2) is 33.9 Å². The largest absolute Gasteiger partial charge is 0.342 e. The van der Waals surface area contributed by atoms with Crippen LogP contribution in [-0.2, 0) is 24.1 Å². The molecule has 2 aliphatic rings. The molecule has 0 spiro atoms. The van der Waals surface area contributed by atoms with Gasteiger partial charge in [0.05, 0.1) is 6.42 Å². The highest BCUT2D eigenvalue weighted by Crippen LogP contribution is 2.26. The summed E-state index contributed by atoms with van der Waals surface area (Å²) in [5.41, 5.74) is 5.04. The van der Waals surface area contributed by atoms with Crippen LogP contribution in [0.15, 0.2) is 30.5 Å². The maximum Gasteiger partial charge on any atom is 0.227 e. The van der Waals surface area contributed by atoms with Crippen molar-refractivity contribution in [1.82, 2.24) is 14.9 Å². The van der Waals surface area contributed by atoms with E-state index in [1.165, 1.54) is 24.0 Å². The van der Waals surface area contributed by atoms with E-state index in [1.54, 1.807) is 0 Å². The first-order valence-electron chi connectivity index (χ1n) is 8.87. The molecule has 4 rings (SSSR count). The van der Waals surface area contributed by atoms with Gasteiger partial charge < -0.3 is 4.90 Å². The van der Waals surface area contributed by atoms with Crippen molar-refractivity contribution in [2.75, 3.05) is 13.1 Å². The molecule has 4 nitrogen and oxygen atoms in total. The Hall–Kier alpha value is -2.23. The van der Waals surface area contributed by atoms with Crippen molar-refractivity contribution in [1.29, 1.82) is 0 Å². The minimum absolute atomic E-state index is 0.225. The number of nitrogens with zero attached hydrogens (tertiary/aromatic N) is 3. The summed E-state index contributed by atoms with van der Waals surface area (Å²) in [4.78, 5) is 23.5. The molecule has 2 heterocycles. The van der Waals surface area contributed by atoms with Crippen LogP contribution in [0.1, 0.15) is 47.0 Å². The predicted octanol–water partition coefficient (Wildman–Crippen LogP) is 2.83. The Balaban J connectivity index is 1.41. The van der Waals surface area contributed by atoms with E-state index in [4.69, 9.17) is 0 Å². The number of carbonyl (C=O) groups excluding carboxylic acids is 1. The first kappa shape index (κ1) is 15.3. The molecule has 1 fully saturated rings. The molecule has 0 saturated carbocycles. The van der Waals surface area contributed by atoms with Gasteiger partial charge in [0.15, 0.2) is 0 Å². The Morgan fingerprint density at radius 1 is 1.25 bits per heavy atom. The van der Waals surface area contributed by atoms with E-state index >= 15 is 0 Å². The molecule has 0 N–H and O–H groups in total. The van der Waals surface area contributed by atoms with Crippen LogP contribution in [0.2, 0.25) is 0 Å². The lowest BCUT2D eigenvalue weighted by Crippen LogP contribution is -2.30. The monoisotopic (exact) mass is 321 g/mol. The standard InChI is InChI=1S/C20H23N3O/c1-14-7-9-21-20(22-14)18-8-10-23(13-18)19(24)12-15-5-6-16-3-2-4-17(16)11-15/h5-7,9,11,18H,2-4,8,10,12-13H2,1H3. The van der Waals surface area contributed by atoms with E-state index in [9.17, 15) is 4.79 Å². The molecule has 2 aromatic rings. The second-order valence-corrected chi connectivity index (χ2v) is 7.01. The molecule has 0 bridgehead atoms. The van der Waals surface area contributed by atoms with Gasteiger partial charge in [-0.25, -0.2) is 9.97 Å². The molecular formula is C20H23N3O. The maximum absolute atomic E-state index is 12.6. The Bertz CT molecular complexity index is 771. The van der Waals surface area contributed by atoms with E-state index in [0.29, 0.717) is 6.42 Å². The van der Waals surface area contributed by atoms with Crippen LogP contribution in [0.25, 0.3) is 0 Å². The maximum atomic E-state index is 12.6. The summed E-state index contributed by atoms with van der Waals surface area (Å²) < 4.78 is 0. The highest BCUT2D eigenvalue weighted by atomic mass is 16.2. The van der Waals surface area contributed by atoms with Gasteiger partial charge in [0.2, 0.25) is 5.91 Å². The summed E-state index contributed by atoms with van der Waals surface area (Å²) in [6, 6.07) is 8.48. The molecule has 1 aliphatic carbocycles. The second-order valence-electron chi connectivity index (χ2n) is 7.01. The molecule has 1 aromatic heterocycles. The molecule has 1 unspecified atom stereocenters. The summed E-state index contributed by atoms with van der Waals surface area (Å²) in [6.07, 6.45) is 6.87. The SMILES string of the molecule is Cc1ccnc(C2CCN(C(=O)Cc3ccc4c(c3)CCC4)C2)n1. The van der Waals surface area contributed by atoms with E-state index in [0.717, 1.165) is 43.0 Å². The Labute approximate surface area is 142 Å². The summed E-state index contributed by atoms with van der Waals surface area (Å²) in [5, 5.41) is 0. The van der Waals surface area contributed by atoms with Gasteiger partial charge in [0.1, 0.15) is 5.82 Å². The van der Waals surface area contributed by atoms with Crippen molar-refractivity contribution >= 4 is 5.91 Å². The number of hydrogen-bond acceptors (Lipinski definition) is 3. The predicted molar refractivity (Wildman–Crippen MR) is 92.9 cm³/mol. The van der Waals surface area contributed by atoms with Gasteiger partial charge in [0.25, 0.3) is 0 Å². The molecule has 1 aromatic carbocycles. The van der Waals surface area contributed by atoms with Crippen LogP contribution in [0.3, 0.4) is 0 Å². The quantitative estimate of drug-likeness (QED) is 0.873. The fourth-order valence-electron chi connectivity index (χ4n) is 3.88. The second kappa shape index (κ2) is 6.34.